The number of fused-ring (bicyclic) bond motifs is 4. The van der Waals surface area contributed by atoms with Gasteiger partial charge in [0.15, 0.2) is 5.78 Å². The third kappa shape index (κ3) is 4.26. The molecule has 0 unspecified atom stereocenters. The fourth-order valence-corrected chi connectivity index (χ4v) is 9.37. The molecule has 0 spiro atoms. The fraction of sp³-hybridized carbons (Fsp3) is 0.600. The summed E-state index contributed by atoms with van der Waals surface area (Å²) in [5.41, 5.74) is 6.90. The van der Waals surface area contributed by atoms with E-state index in [-0.39, 0.29) is 23.7 Å². The molecule has 212 valence electrons. The van der Waals surface area contributed by atoms with E-state index in [9.17, 15) is 15.1 Å². The van der Waals surface area contributed by atoms with E-state index in [1.54, 1.807) is 5.57 Å². The Labute approximate surface area is 239 Å². The summed E-state index contributed by atoms with van der Waals surface area (Å²) in [5, 5.41) is 22.7. The molecule has 6 rings (SSSR count). The summed E-state index contributed by atoms with van der Waals surface area (Å²) in [4.78, 5) is 16.3. The molecule has 2 N–H and O–H groups in total. The molecule has 40 heavy (non-hydrogen) atoms. The smallest absolute Gasteiger partial charge is 0.151 e. The highest BCUT2D eigenvalue weighted by molar-refractivity contribution is 5.97. The summed E-state index contributed by atoms with van der Waals surface area (Å²) in [6.45, 7) is 6.38. The van der Waals surface area contributed by atoms with Gasteiger partial charge in [-0.1, -0.05) is 48.5 Å². The predicted octanol–water partition coefficient (Wildman–Crippen LogP) is 6.80. The topological polar surface area (TPSA) is 73.1 Å². The van der Waals surface area contributed by atoms with Crippen molar-refractivity contribution in [3.8, 4) is 11.8 Å². The van der Waals surface area contributed by atoms with E-state index >= 15 is 0 Å². The van der Waals surface area contributed by atoms with E-state index in [4.69, 9.17) is 0 Å². The zero-order chi connectivity index (χ0) is 27.9. The molecule has 0 bridgehead atoms. The number of carbonyl (C=O) groups excluding carboxylic acids is 1. The van der Waals surface area contributed by atoms with Gasteiger partial charge in [0.2, 0.25) is 0 Å². The molecule has 3 fully saturated rings. The number of anilines is 1. The zero-order valence-corrected chi connectivity index (χ0v) is 24.2. The highest BCUT2D eigenvalue weighted by Gasteiger charge is 2.65. The largest absolute Gasteiger partial charge is 0.411 e. The molecule has 1 saturated heterocycles. The number of rotatable bonds is 4. The summed E-state index contributed by atoms with van der Waals surface area (Å²) in [6, 6.07) is 9.33. The van der Waals surface area contributed by atoms with Crippen molar-refractivity contribution < 1.29 is 15.1 Å². The number of hydrogen-bond donors (Lipinski definition) is 2. The van der Waals surface area contributed by atoms with Gasteiger partial charge >= 0.3 is 0 Å². The Morgan fingerprint density at radius 3 is 2.58 bits per heavy atom. The van der Waals surface area contributed by atoms with Crippen LogP contribution in [0.1, 0.15) is 96.0 Å². The van der Waals surface area contributed by atoms with Gasteiger partial charge in [0.25, 0.3) is 0 Å². The van der Waals surface area contributed by atoms with E-state index in [1.807, 2.05) is 6.92 Å². The molecule has 5 nitrogen and oxygen atoms in total. The van der Waals surface area contributed by atoms with Gasteiger partial charge in [-0.15, -0.1) is 0 Å². The van der Waals surface area contributed by atoms with E-state index in [2.05, 4.69) is 59.2 Å². The molecule has 5 atom stereocenters. The first-order valence-electron chi connectivity index (χ1n) is 15.6. The Kier molecular flexibility index (Phi) is 7.42. The highest BCUT2D eigenvalue weighted by atomic mass is 16.4. The van der Waals surface area contributed by atoms with Gasteiger partial charge < -0.3 is 15.2 Å². The number of aliphatic hydroxyl groups is 1. The van der Waals surface area contributed by atoms with Crippen LogP contribution in [-0.2, 0) is 4.79 Å². The van der Waals surface area contributed by atoms with Crippen molar-refractivity contribution in [3.05, 3.63) is 52.6 Å². The van der Waals surface area contributed by atoms with E-state index in [0.29, 0.717) is 18.3 Å². The van der Waals surface area contributed by atoms with Gasteiger partial charge in [-0.3, -0.25) is 4.79 Å². The summed E-state index contributed by atoms with van der Waals surface area (Å²) in [7, 11) is 0. The van der Waals surface area contributed by atoms with Crippen molar-refractivity contribution in [2.75, 3.05) is 24.6 Å². The second-order valence-corrected chi connectivity index (χ2v) is 12.9. The standard InChI is InChI=1S/C35H44N2O3/c1-3-32(39)35(17-7-21-38)18-16-31-29-14-10-25-22-26(36-40)11-15-28(25)33(29)30(23-34(31,35)2)24-8-12-27(13-9-24)37-19-5-4-6-20-37/h8-9,12-13,22,29-31,38,40H,3-6,10-11,14-16,18-21,23H2,1-2H3/b36-26+/t29-,30+,31-,34-,35+/m0/s1. The van der Waals surface area contributed by atoms with Crippen molar-refractivity contribution in [1.29, 1.82) is 0 Å². The number of Topliss-reactive ketones (excluding diaryl/α,β-unsaturated/α-hetero) is 1. The van der Waals surface area contributed by atoms with Crippen LogP contribution in [0.2, 0.25) is 0 Å². The van der Waals surface area contributed by atoms with Crippen LogP contribution < -0.4 is 4.90 Å². The van der Waals surface area contributed by atoms with E-state index in [1.165, 1.54) is 41.7 Å². The number of aliphatic hydroxyl groups excluding tert-OH is 1. The van der Waals surface area contributed by atoms with Crippen LogP contribution >= 0.6 is 0 Å². The summed E-state index contributed by atoms with van der Waals surface area (Å²) >= 11 is 0. The molecule has 1 aliphatic heterocycles. The van der Waals surface area contributed by atoms with Gasteiger partial charge in [0.05, 0.1) is 11.1 Å². The van der Waals surface area contributed by atoms with Crippen LogP contribution in [0.4, 0.5) is 5.69 Å². The van der Waals surface area contributed by atoms with E-state index in [0.717, 1.165) is 63.7 Å². The Morgan fingerprint density at radius 2 is 1.88 bits per heavy atom. The third-order valence-electron chi connectivity index (χ3n) is 11.3. The Balaban J connectivity index is 1.47. The van der Waals surface area contributed by atoms with Gasteiger partial charge in [-0.2, -0.15) is 0 Å². The van der Waals surface area contributed by atoms with Crippen molar-refractivity contribution in [1.82, 2.24) is 0 Å². The first-order chi connectivity index (χ1) is 19.5. The van der Waals surface area contributed by atoms with Crippen LogP contribution in [-0.4, -0.2) is 41.5 Å². The minimum Gasteiger partial charge on any atom is -0.411 e. The Hall–Kier alpha value is -2.84. The molecular weight excluding hydrogens is 496 g/mol. The molecule has 0 radical (unpaired) electrons. The Bertz CT molecular complexity index is 1310. The van der Waals surface area contributed by atoms with Crippen LogP contribution in [0, 0.1) is 34.5 Å². The average molecular weight is 541 g/mol. The minimum atomic E-state index is -0.698. The van der Waals surface area contributed by atoms with Crippen molar-refractivity contribution in [2.45, 2.75) is 90.4 Å². The molecule has 0 amide bonds. The maximum Gasteiger partial charge on any atom is 0.151 e. The van der Waals surface area contributed by atoms with Gasteiger partial charge in [-0.05, 0) is 116 Å². The normalized spacial score (nSPS) is 34.4. The lowest BCUT2D eigenvalue weighted by atomic mass is 9.48. The minimum absolute atomic E-state index is 0.206. The van der Waals surface area contributed by atoms with Crippen molar-refractivity contribution >= 4 is 17.2 Å². The van der Waals surface area contributed by atoms with Crippen LogP contribution in [0.15, 0.2) is 52.2 Å². The fourth-order valence-electron chi connectivity index (χ4n) is 9.37. The monoisotopic (exact) mass is 540 g/mol. The maximum atomic E-state index is 13.8. The molecule has 2 saturated carbocycles. The number of ketones is 1. The average Bonchev–Trinajstić information content (AvgIpc) is 3.31. The number of carbonyl (C=O) groups is 1. The zero-order valence-electron chi connectivity index (χ0n) is 24.2. The molecule has 5 aliphatic rings. The number of allylic oxidation sites excluding steroid dienone is 4. The van der Waals surface area contributed by atoms with Gasteiger partial charge in [0.1, 0.15) is 6.61 Å². The first kappa shape index (κ1) is 27.3. The lowest BCUT2D eigenvalue weighted by molar-refractivity contribution is -0.132. The van der Waals surface area contributed by atoms with Crippen LogP contribution in [0.3, 0.4) is 0 Å². The number of hydrogen-bond acceptors (Lipinski definition) is 5. The molecule has 1 aromatic rings. The van der Waals surface area contributed by atoms with E-state index < -0.39 is 5.41 Å². The second kappa shape index (κ2) is 10.9. The first-order valence-corrected chi connectivity index (χ1v) is 15.6. The number of oxime groups is 1. The molecule has 1 aromatic carbocycles. The predicted molar refractivity (Wildman–Crippen MR) is 160 cm³/mol. The SMILES string of the molecule is CCC(=O)[C@@]1(C#CCO)CC[C@H]2[C@@H]3CCC4=C/C(=N/O)CCC4=C3[C@@H](c3ccc(N4CCCCC4)cc3)C[C@@]21C. The van der Waals surface area contributed by atoms with Gasteiger partial charge in [0, 0.05) is 31.1 Å². The van der Waals surface area contributed by atoms with Crippen molar-refractivity contribution in [3.63, 3.8) is 0 Å². The lowest BCUT2D eigenvalue weighted by Crippen LogP contribution is -2.50. The molecule has 5 heteroatoms. The van der Waals surface area contributed by atoms with Crippen molar-refractivity contribution in [2.24, 2.45) is 27.8 Å². The third-order valence-corrected chi connectivity index (χ3v) is 11.3. The molecule has 0 aromatic heterocycles. The molecular formula is C35H44N2O3. The van der Waals surface area contributed by atoms with Crippen LogP contribution in [0.5, 0.6) is 0 Å². The Morgan fingerprint density at radius 1 is 1.10 bits per heavy atom. The number of piperidine rings is 1. The summed E-state index contributed by atoms with van der Waals surface area (Å²) < 4.78 is 0. The quantitative estimate of drug-likeness (QED) is 0.250. The lowest BCUT2D eigenvalue weighted by Gasteiger charge is -2.54. The highest BCUT2D eigenvalue weighted by Crippen LogP contribution is 2.69. The molecule has 4 aliphatic carbocycles. The number of nitrogens with zero attached hydrogens (tertiary/aromatic N) is 2. The second-order valence-electron chi connectivity index (χ2n) is 12.9. The number of benzene rings is 1. The maximum absolute atomic E-state index is 13.8. The van der Waals surface area contributed by atoms with Crippen LogP contribution in [0.25, 0.3) is 0 Å². The molecule has 1 heterocycles. The van der Waals surface area contributed by atoms with Gasteiger partial charge in [-0.25, -0.2) is 0 Å². The summed E-state index contributed by atoms with van der Waals surface area (Å²) in [5.74, 6) is 7.64. The summed E-state index contributed by atoms with van der Waals surface area (Å²) in [6.07, 6.45) is 12.9.